The normalized spacial score (nSPS) is 16.0. The first-order valence-electron chi connectivity index (χ1n) is 7.40. The summed E-state index contributed by atoms with van der Waals surface area (Å²) in [6.45, 7) is 2.99. The van der Waals surface area contributed by atoms with Crippen LogP contribution in [0.25, 0.3) is 0 Å². The van der Waals surface area contributed by atoms with Gasteiger partial charge in [0.1, 0.15) is 0 Å². The van der Waals surface area contributed by atoms with Gasteiger partial charge in [-0.2, -0.15) is 0 Å². The van der Waals surface area contributed by atoms with Crippen LogP contribution in [0.1, 0.15) is 48.4 Å². The van der Waals surface area contributed by atoms with Gasteiger partial charge in [-0.05, 0) is 54.5 Å². The second kappa shape index (κ2) is 6.39. The largest absolute Gasteiger partial charge is 0.306 e. The maximum absolute atomic E-state index is 6.07. The minimum absolute atomic E-state index is 0.239. The van der Waals surface area contributed by atoms with Crippen LogP contribution in [-0.2, 0) is 6.54 Å². The van der Waals surface area contributed by atoms with Crippen molar-refractivity contribution in [3.8, 4) is 0 Å². The molecule has 2 aromatic rings. The van der Waals surface area contributed by atoms with Crippen molar-refractivity contribution < 1.29 is 0 Å². The van der Waals surface area contributed by atoms with Gasteiger partial charge in [0, 0.05) is 12.6 Å². The van der Waals surface area contributed by atoms with Crippen molar-refractivity contribution in [2.75, 3.05) is 0 Å². The van der Waals surface area contributed by atoms with Gasteiger partial charge in [0.05, 0.1) is 10.0 Å². The second-order valence-corrected chi connectivity index (χ2v) is 6.61. The Morgan fingerprint density at radius 2 is 1.76 bits per heavy atom. The lowest BCUT2D eigenvalue weighted by molar-refractivity contribution is 0.574. The summed E-state index contributed by atoms with van der Waals surface area (Å²) in [6, 6.07) is 15.0. The van der Waals surface area contributed by atoms with Crippen LogP contribution in [0.3, 0.4) is 0 Å². The van der Waals surface area contributed by atoms with Crippen molar-refractivity contribution >= 4 is 23.2 Å². The third-order valence-corrected chi connectivity index (χ3v) is 4.82. The molecule has 21 heavy (non-hydrogen) atoms. The third kappa shape index (κ3) is 3.79. The van der Waals surface area contributed by atoms with E-state index in [4.69, 9.17) is 23.2 Å². The summed E-state index contributed by atoms with van der Waals surface area (Å²) in [5.74, 6) is 0.821. The first kappa shape index (κ1) is 14.9. The van der Waals surface area contributed by atoms with E-state index in [0.29, 0.717) is 10.0 Å². The van der Waals surface area contributed by atoms with E-state index in [0.717, 1.165) is 18.0 Å². The molecule has 0 bridgehead atoms. The Balaban J connectivity index is 1.59. The number of hydrogen-bond acceptors (Lipinski definition) is 1. The van der Waals surface area contributed by atoms with E-state index in [2.05, 4.69) is 36.5 Å². The van der Waals surface area contributed by atoms with E-state index in [-0.39, 0.29) is 6.04 Å². The summed E-state index contributed by atoms with van der Waals surface area (Å²) < 4.78 is 0. The predicted molar refractivity (Wildman–Crippen MR) is 90.1 cm³/mol. The molecular formula is C18H19Cl2N. The molecule has 2 aromatic carbocycles. The lowest BCUT2D eigenvalue weighted by Crippen LogP contribution is -2.18. The number of nitrogens with one attached hydrogen (secondary N) is 1. The number of hydrogen-bond donors (Lipinski definition) is 1. The average molecular weight is 320 g/mol. The van der Waals surface area contributed by atoms with Gasteiger partial charge >= 0.3 is 0 Å². The zero-order valence-corrected chi connectivity index (χ0v) is 13.6. The number of halogens is 2. The second-order valence-electron chi connectivity index (χ2n) is 5.79. The van der Waals surface area contributed by atoms with Crippen molar-refractivity contribution in [1.82, 2.24) is 5.32 Å². The molecule has 1 aliphatic carbocycles. The average Bonchev–Trinajstić information content (AvgIpc) is 3.33. The molecule has 1 unspecified atom stereocenters. The fourth-order valence-electron chi connectivity index (χ4n) is 2.49. The first-order valence-corrected chi connectivity index (χ1v) is 8.16. The van der Waals surface area contributed by atoms with E-state index in [1.807, 2.05) is 18.2 Å². The van der Waals surface area contributed by atoms with E-state index in [1.54, 1.807) is 0 Å². The monoisotopic (exact) mass is 319 g/mol. The van der Waals surface area contributed by atoms with Gasteiger partial charge in [-0.15, -0.1) is 0 Å². The van der Waals surface area contributed by atoms with Gasteiger partial charge in [-0.3, -0.25) is 0 Å². The van der Waals surface area contributed by atoms with Crippen molar-refractivity contribution in [3.05, 3.63) is 69.2 Å². The maximum Gasteiger partial charge on any atom is 0.0595 e. The van der Waals surface area contributed by atoms with E-state index in [1.165, 1.54) is 24.0 Å². The van der Waals surface area contributed by atoms with Crippen LogP contribution in [0.2, 0.25) is 10.0 Å². The van der Waals surface area contributed by atoms with Gasteiger partial charge in [-0.1, -0.05) is 53.5 Å². The lowest BCUT2D eigenvalue weighted by Gasteiger charge is -2.15. The maximum atomic E-state index is 6.07. The highest BCUT2D eigenvalue weighted by Crippen LogP contribution is 2.39. The predicted octanol–water partition coefficient (Wildman–Crippen LogP) is 5.72. The molecule has 0 aliphatic heterocycles. The minimum Gasteiger partial charge on any atom is -0.306 e. The van der Waals surface area contributed by atoms with Crippen LogP contribution in [0.4, 0.5) is 0 Å². The quantitative estimate of drug-likeness (QED) is 0.743. The van der Waals surface area contributed by atoms with Crippen LogP contribution in [0, 0.1) is 0 Å². The molecular weight excluding hydrogens is 301 g/mol. The van der Waals surface area contributed by atoms with Crippen LogP contribution in [0.15, 0.2) is 42.5 Å². The zero-order chi connectivity index (χ0) is 14.8. The van der Waals surface area contributed by atoms with Crippen LogP contribution in [0.5, 0.6) is 0 Å². The molecule has 0 radical (unpaired) electrons. The van der Waals surface area contributed by atoms with Gasteiger partial charge in [0.15, 0.2) is 0 Å². The highest BCUT2D eigenvalue weighted by Gasteiger charge is 2.22. The topological polar surface area (TPSA) is 12.0 Å². The fourth-order valence-corrected chi connectivity index (χ4v) is 2.80. The Morgan fingerprint density at radius 3 is 2.38 bits per heavy atom. The molecule has 0 aromatic heterocycles. The van der Waals surface area contributed by atoms with E-state index < -0.39 is 0 Å². The molecule has 110 valence electrons. The van der Waals surface area contributed by atoms with Crippen molar-refractivity contribution in [1.29, 1.82) is 0 Å². The molecule has 1 nitrogen and oxygen atoms in total. The van der Waals surface area contributed by atoms with Gasteiger partial charge in [0.2, 0.25) is 0 Å². The van der Waals surface area contributed by atoms with Crippen molar-refractivity contribution in [2.45, 2.75) is 38.3 Å². The van der Waals surface area contributed by atoms with E-state index in [9.17, 15) is 0 Å². The summed E-state index contributed by atoms with van der Waals surface area (Å²) in [5, 5.41) is 4.73. The highest BCUT2D eigenvalue weighted by atomic mass is 35.5. The minimum atomic E-state index is 0.239. The summed E-state index contributed by atoms with van der Waals surface area (Å²) in [5.41, 5.74) is 3.95. The SMILES string of the molecule is CC(NCc1ccc(C2CC2)cc1)c1ccc(Cl)c(Cl)c1. The van der Waals surface area contributed by atoms with Gasteiger partial charge < -0.3 is 5.32 Å². The molecule has 1 fully saturated rings. The highest BCUT2D eigenvalue weighted by molar-refractivity contribution is 6.42. The molecule has 3 rings (SSSR count). The van der Waals surface area contributed by atoms with Crippen molar-refractivity contribution in [3.63, 3.8) is 0 Å². The first-order chi connectivity index (χ1) is 10.1. The Kier molecular flexibility index (Phi) is 4.54. The Hall–Kier alpha value is -1.02. The molecule has 0 spiro atoms. The van der Waals surface area contributed by atoms with Crippen LogP contribution in [-0.4, -0.2) is 0 Å². The molecule has 3 heteroatoms. The lowest BCUT2D eigenvalue weighted by atomic mass is 10.1. The smallest absolute Gasteiger partial charge is 0.0595 e. The Bertz CT molecular complexity index is 618. The molecule has 0 heterocycles. The molecule has 1 aliphatic rings. The summed E-state index contributed by atoms with van der Waals surface area (Å²) >= 11 is 12.0. The molecule has 1 N–H and O–H groups in total. The summed E-state index contributed by atoms with van der Waals surface area (Å²) in [6.07, 6.45) is 2.71. The van der Waals surface area contributed by atoms with Gasteiger partial charge in [-0.25, -0.2) is 0 Å². The Morgan fingerprint density at radius 1 is 1.05 bits per heavy atom. The third-order valence-electron chi connectivity index (χ3n) is 4.08. The van der Waals surface area contributed by atoms with Crippen molar-refractivity contribution in [2.24, 2.45) is 0 Å². The number of rotatable bonds is 5. The zero-order valence-electron chi connectivity index (χ0n) is 12.1. The Labute approximate surface area is 136 Å². The van der Waals surface area contributed by atoms with Gasteiger partial charge in [0.25, 0.3) is 0 Å². The molecule has 1 atom stereocenters. The summed E-state index contributed by atoms with van der Waals surface area (Å²) in [7, 11) is 0. The summed E-state index contributed by atoms with van der Waals surface area (Å²) in [4.78, 5) is 0. The number of benzene rings is 2. The molecule has 0 saturated heterocycles. The van der Waals surface area contributed by atoms with E-state index >= 15 is 0 Å². The fraction of sp³-hybridized carbons (Fsp3) is 0.333. The van der Waals surface area contributed by atoms with Crippen LogP contribution >= 0.6 is 23.2 Å². The standard InChI is InChI=1S/C18H19Cl2N/c1-12(16-8-9-17(19)18(20)10-16)21-11-13-2-4-14(5-3-13)15-6-7-15/h2-5,8-10,12,15,21H,6-7,11H2,1H3. The molecule has 1 saturated carbocycles. The molecule has 0 amide bonds. The van der Waals surface area contributed by atoms with Crippen LogP contribution < -0.4 is 5.32 Å².